The first-order valence-corrected chi connectivity index (χ1v) is 13.3. The molecule has 0 atom stereocenters. The Hall–Kier alpha value is -2.73. The van der Waals surface area contributed by atoms with Crippen LogP contribution in [0.2, 0.25) is 10.0 Å². The van der Waals surface area contributed by atoms with E-state index in [1.807, 2.05) is 67.3 Å². The van der Waals surface area contributed by atoms with Crippen LogP contribution >= 0.6 is 23.2 Å². The zero-order valence-corrected chi connectivity index (χ0v) is 22.3. The quantitative estimate of drug-likeness (QED) is 0.344. The van der Waals surface area contributed by atoms with Gasteiger partial charge in [0.25, 0.3) is 5.91 Å². The van der Waals surface area contributed by atoms with Gasteiger partial charge in [-0.05, 0) is 80.8 Å². The van der Waals surface area contributed by atoms with Gasteiger partial charge in [-0.1, -0.05) is 35.3 Å². The summed E-state index contributed by atoms with van der Waals surface area (Å²) >= 11 is 12.5. The molecule has 1 amide bonds. The van der Waals surface area contributed by atoms with Crippen molar-refractivity contribution in [1.29, 1.82) is 0 Å². The van der Waals surface area contributed by atoms with E-state index in [1.54, 1.807) is 18.2 Å². The lowest BCUT2D eigenvalue weighted by molar-refractivity contribution is 0.0773. The van der Waals surface area contributed by atoms with Gasteiger partial charge in [-0.2, -0.15) is 0 Å². The third-order valence-corrected chi connectivity index (χ3v) is 7.47. The summed E-state index contributed by atoms with van der Waals surface area (Å²) in [5.41, 5.74) is 3.72. The predicted molar refractivity (Wildman–Crippen MR) is 149 cm³/mol. The molecule has 190 valence electrons. The van der Waals surface area contributed by atoms with Crippen molar-refractivity contribution in [3.05, 3.63) is 87.9 Å². The number of piperidine rings is 1. The minimum absolute atomic E-state index is 0.0459. The topological polar surface area (TPSA) is 47.0 Å². The van der Waals surface area contributed by atoms with Crippen LogP contribution in [0.1, 0.15) is 42.6 Å². The lowest BCUT2D eigenvalue weighted by atomic mass is 10.00. The van der Waals surface area contributed by atoms with E-state index in [2.05, 4.69) is 9.80 Å². The van der Waals surface area contributed by atoms with Gasteiger partial charge in [0, 0.05) is 71.8 Å². The molecular weight excluding hydrogens is 493 g/mol. The van der Waals surface area contributed by atoms with Gasteiger partial charge < -0.3 is 14.9 Å². The van der Waals surface area contributed by atoms with Gasteiger partial charge >= 0.3 is 0 Å². The summed E-state index contributed by atoms with van der Waals surface area (Å²) < 4.78 is 0. The molecule has 0 unspecified atom stereocenters. The van der Waals surface area contributed by atoms with Crippen LogP contribution in [-0.4, -0.2) is 53.0 Å². The predicted octanol–water partition coefficient (Wildman–Crippen LogP) is 6.98. The zero-order chi connectivity index (χ0) is 25.7. The maximum absolute atomic E-state index is 12.8. The number of rotatable bonds is 8. The Morgan fingerprint density at radius 3 is 2.25 bits per heavy atom. The maximum atomic E-state index is 12.8. The van der Waals surface area contributed by atoms with Crippen molar-refractivity contribution in [3.8, 4) is 5.75 Å². The molecule has 0 spiro atoms. The van der Waals surface area contributed by atoms with Gasteiger partial charge in [0.2, 0.25) is 0 Å². The molecule has 1 N–H and O–H groups in total. The summed E-state index contributed by atoms with van der Waals surface area (Å²) in [6.45, 7) is 8.00. The second-order valence-electron chi connectivity index (χ2n) is 9.16. The highest BCUT2D eigenvalue weighted by Crippen LogP contribution is 2.34. The van der Waals surface area contributed by atoms with Crippen molar-refractivity contribution >= 4 is 40.5 Å². The van der Waals surface area contributed by atoms with Crippen LogP contribution in [0.15, 0.2) is 66.7 Å². The van der Waals surface area contributed by atoms with Gasteiger partial charge in [-0.3, -0.25) is 9.69 Å². The standard InChI is InChI=1S/C29H33Cl2N3O2/c1-3-33(4-2)29(36)21-9-12-24(13-10-21)34(26-6-5-7-27(35)19-26)25-14-16-32(17-15-25)20-22-8-11-23(30)18-28(22)31/h5-13,18-19,25,35H,3-4,14-17,20H2,1-2H3. The van der Waals surface area contributed by atoms with E-state index in [0.717, 1.165) is 49.4 Å². The van der Waals surface area contributed by atoms with Crippen molar-refractivity contribution in [3.63, 3.8) is 0 Å². The number of amides is 1. The number of hydrogen-bond donors (Lipinski definition) is 1. The molecule has 5 nitrogen and oxygen atoms in total. The van der Waals surface area contributed by atoms with Gasteiger partial charge in [-0.25, -0.2) is 0 Å². The summed E-state index contributed by atoms with van der Waals surface area (Å²) in [5.74, 6) is 0.283. The molecule has 1 aliphatic heterocycles. The molecule has 0 bridgehead atoms. The fourth-order valence-corrected chi connectivity index (χ4v) is 5.37. The fraction of sp³-hybridized carbons (Fsp3) is 0.345. The molecule has 0 aromatic heterocycles. The number of likely N-dealkylation sites (tertiary alicyclic amines) is 1. The Morgan fingerprint density at radius 1 is 0.944 bits per heavy atom. The molecule has 1 heterocycles. The normalized spacial score (nSPS) is 14.6. The Morgan fingerprint density at radius 2 is 1.64 bits per heavy atom. The molecule has 3 aromatic rings. The smallest absolute Gasteiger partial charge is 0.253 e. The number of nitrogens with zero attached hydrogens (tertiary/aromatic N) is 3. The fourth-order valence-electron chi connectivity index (χ4n) is 4.90. The first-order valence-electron chi connectivity index (χ1n) is 12.5. The SMILES string of the molecule is CCN(CC)C(=O)c1ccc(N(c2cccc(O)c2)C2CCN(Cc3ccc(Cl)cc3Cl)CC2)cc1. The lowest BCUT2D eigenvalue weighted by Crippen LogP contribution is -2.43. The van der Waals surface area contributed by atoms with Crippen LogP contribution in [-0.2, 0) is 6.54 Å². The molecule has 3 aromatic carbocycles. The second kappa shape index (κ2) is 12.0. The van der Waals surface area contributed by atoms with E-state index >= 15 is 0 Å². The van der Waals surface area contributed by atoms with Crippen LogP contribution in [0.4, 0.5) is 11.4 Å². The van der Waals surface area contributed by atoms with E-state index in [0.29, 0.717) is 28.7 Å². The molecule has 0 saturated carbocycles. The highest BCUT2D eigenvalue weighted by atomic mass is 35.5. The lowest BCUT2D eigenvalue weighted by Gasteiger charge is -2.40. The summed E-state index contributed by atoms with van der Waals surface area (Å²) in [4.78, 5) is 19.3. The number of carbonyl (C=O) groups is 1. The number of phenolic OH excluding ortho intramolecular Hbond substituents is 1. The number of carbonyl (C=O) groups excluding carboxylic acids is 1. The molecule has 4 rings (SSSR count). The number of phenols is 1. The monoisotopic (exact) mass is 525 g/mol. The minimum Gasteiger partial charge on any atom is -0.508 e. The largest absolute Gasteiger partial charge is 0.508 e. The van der Waals surface area contributed by atoms with E-state index in [-0.39, 0.29) is 17.7 Å². The molecule has 1 aliphatic rings. The van der Waals surface area contributed by atoms with Crippen molar-refractivity contribution in [2.24, 2.45) is 0 Å². The van der Waals surface area contributed by atoms with E-state index in [9.17, 15) is 9.90 Å². The number of benzene rings is 3. The van der Waals surface area contributed by atoms with Gasteiger partial charge in [-0.15, -0.1) is 0 Å². The van der Waals surface area contributed by atoms with Crippen molar-refractivity contribution < 1.29 is 9.90 Å². The number of hydrogen-bond acceptors (Lipinski definition) is 4. The number of halogens is 2. The Balaban J connectivity index is 1.53. The van der Waals surface area contributed by atoms with Crippen LogP contribution < -0.4 is 4.90 Å². The highest BCUT2D eigenvalue weighted by Gasteiger charge is 2.27. The van der Waals surface area contributed by atoms with Crippen LogP contribution in [0.25, 0.3) is 0 Å². The van der Waals surface area contributed by atoms with Gasteiger partial charge in [0.05, 0.1) is 0 Å². The van der Waals surface area contributed by atoms with Crippen LogP contribution in [0.5, 0.6) is 5.75 Å². The van der Waals surface area contributed by atoms with Crippen LogP contribution in [0.3, 0.4) is 0 Å². The first-order chi connectivity index (χ1) is 17.4. The maximum Gasteiger partial charge on any atom is 0.253 e. The molecule has 36 heavy (non-hydrogen) atoms. The minimum atomic E-state index is 0.0459. The van der Waals surface area contributed by atoms with Gasteiger partial charge in [0.1, 0.15) is 5.75 Å². The second-order valence-corrected chi connectivity index (χ2v) is 10.0. The van der Waals surface area contributed by atoms with Crippen molar-refractivity contribution in [2.45, 2.75) is 39.3 Å². The average molecular weight is 527 g/mol. The summed E-state index contributed by atoms with van der Waals surface area (Å²) in [6, 6.07) is 21.2. The number of aromatic hydroxyl groups is 1. The van der Waals surface area contributed by atoms with Crippen LogP contribution in [0, 0.1) is 0 Å². The Kier molecular flexibility index (Phi) is 8.78. The molecular formula is C29H33Cl2N3O2. The first kappa shape index (κ1) is 26.3. The molecule has 1 saturated heterocycles. The molecule has 0 radical (unpaired) electrons. The highest BCUT2D eigenvalue weighted by molar-refractivity contribution is 6.35. The Labute approximate surface area is 223 Å². The Bertz CT molecular complexity index is 1170. The average Bonchev–Trinajstić information content (AvgIpc) is 2.88. The summed E-state index contributed by atoms with van der Waals surface area (Å²) in [7, 11) is 0. The zero-order valence-electron chi connectivity index (χ0n) is 20.8. The van der Waals surface area contributed by atoms with Gasteiger partial charge in [0.15, 0.2) is 0 Å². The van der Waals surface area contributed by atoms with Crippen molar-refractivity contribution in [2.75, 3.05) is 31.1 Å². The van der Waals surface area contributed by atoms with E-state index < -0.39 is 0 Å². The van der Waals surface area contributed by atoms with E-state index in [1.165, 1.54) is 0 Å². The molecule has 1 fully saturated rings. The van der Waals surface area contributed by atoms with E-state index in [4.69, 9.17) is 23.2 Å². The third kappa shape index (κ3) is 6.15. The summed E-state index contributed by atoms with van der Waals surface area (Å²) in [6.07, 6.45) is 1.92. The van der Waals surface area contributed by atoms with Crippen molar-refractivity contribution in [1.82, 2.24) is 9.80 Å². The number of anilines is 2. The molecule has 0 aliphatic carbocycles. The third-order valence-electron chi connectivity index (χ3n) is 6.88. The summed E-state index contributed by atoms with van der Waals surface area (Å²) in [5, 5.41) is 11.5. The molecule has 7 heteroatoms.